The Morgan fingerprint density at radius 1 is 0.389 bits per heavy atom. The maximum absolute atomic E-state index is 12.5. The predicted octanol–water partition coefficient (Wildman–Crippen LogP) is 14.6. The summed E-state index contributed by atoms with van der Waals surface area (Å²) >= 11 is 0. The van der Waals surface area contributed by atoms with Gasteiger partial charge in [-0.1, -0.05) is 264 Å². The molecule has 0 saturated carbocycles. The van der Waals surface area contributed by atoms with Crippen LogP contribution in [0.15, 0.2) is 0 Å². The van der Waals surface area contributed by atoms with Gasteiger partial charge in [-0.25, -0.2) is 0 Å². The lowest BCUT2D eigenvalue weighted by Gasteiger charge is -2.26. The second-order valence-corrected chi connectivity index (χ2v) is 17.4. The smallest absolute Gasteiger partial charge is 0.220 e. The Morgan fingerprint density at radius 2 is 0.630 bits per heavy atom. The van der Waals surface area contributed by atoms with E-state index in [1.807, 2.05) is 0 Å². The Hall–Kier alpha value is -0.650. The molecule has 0 radical (unpaired) electrons. The molecule has 0 aromatic rings. The van der Waals surface area contributed by atoms with E-state index >= 15 is 0 Å². The van der Waals surface area contributed by atoms with Crippen molar-refractivity contribution in [3.05, 3.63) is 0 Å². The molecule has 5 nitrogen and oxygen atoms in total. The van der Waals surface area contributed by atoms with Crippen LogP contribution in [0.2, 0.25) is 0 Å². The standard InChI is InChI=1S/C49H99NO4/c1-3-5-7-9-11-13-15-17-19-21-23-24-26-28-30-32-34-36-38-40-42-44-48(53)50-46(45-51)49(54)47(52)43-41-39-37-35-33-31-29-27-25-22-20-18-16-14-12-10-8-6-4-2/h46-47,49,51-52,54H,3-45H2,1-2H3,(H,50,53). The molecular formula is C49H99NO4. The number of amides is 1. The average molecular weight is 766 g/mol. The Bertz CT molecular complexity index is 718. The first-order chi connectivity index (χ1) is 26.6. The molecule has 0 aromatic carbocycles. The average Bonchev–Trinajstić information content (AvgIpc) is 3.18. The molecule has 4 N–H and O–H groups in total. The second-order valence-electron chi connectivity index (χ2n) is 17.4. The van der Waals surface area contributed by atoms with Crippen LogP contribution in [0.5, 0.6) is 0 Å². The summed E-state index contributed by atoms with van der Waals surface area (Å²) in [4.78, 5) is 12.5. The summed E-state index contributed by atoms with van der Waals surface area (Å²) in [7, 11) is 0. The number of hydrogen-bond acceptors (Lipinski definition) is 4. The number of carbonyl (C=O) groups is 1. The predicted molar refractivity (Wildman–Crippen MR) is 236 cm³/mol. The van der Waals surface area contributed by atoms with Gasteiger partial charge in [-0.2, -0.15) is 0 Å². The third kappa shape index (κ3) is 39.6. The van der Waals surface area contributed by atoms with Crippen molar-refractivity contribution in [2.75, 3.05) is 6.61 Å². The van der Waals surface area contributed by atoms with Crippen LogP contribution in [-0.4, -0.2) is 46.1 Å². The Morgan fingerprint density at radius 3 is 0.889 bits per heavy atom. The molecule has 5 heteroatoms. The molecule has 3 atom stereocenters. The molecule has 0 aliphatic rings. The van der Waals surface area contributed by atoms with Crippen LogP contribution in [0, 0.1) is 0 Å². The van der Waals surface area contributed by atoms with Crippen molar-refractivity contribution in [3.63, 3.8) is 0 Å². The second kappa shape index (κ2) is 45.1. The number of aliphatic hydroxyl groups excluding tert-OH is 3. The third-order valence-corrected chi connectivity index (χ3v) is 12.0. The van der Waals surface area contributed by atoms with Crippen molar-refractivity contribution in [1.29, 1.82) is 0 Å². The first-order valence-electron chi connectivity index (χ1n) is 24.8. The summed E-state index contributed by atoms with van der Waals surface area (Å²) in [6, 6.07) is -0.803. The van der Waals surface area contributed by atoms with E-state index in [1.165, 1.54) is 225 Å². The summed E-state index contributed by atoms with van der Waals surface area (Å²) in [5.74, 6) is -0.137. The first kappa shape index (κ1) is 53.4. The number of aliphatic hydroxyl groups is 3. The van der Waals surface area contributed by atoms with Gasteiger partial charge in [0.25, 0.3) is 0 Å². The van der Waals surface area contributed by atoms with Crippen LogP contribution in [0.3, 0.4) is 0 Å². The summed E-state index contributed by atoms with van der Waals surface area (Å²) in [5, 5.41) is 33.7. The lowest BCUT2D eigenvalue weighted by Crippen LogP contribution is -2.50. The van der Waals surface area contributed by atoms with Crippen molar-refractivity contribution in [2.24, 2.45) is 0 Å². The van der Waals surface area contributed by atoms with Gasteiger partial charge in [0.05, 0.1) is 18.8 Å². The highest BCUT2D eigenvalue weighted by Crippen LogP contribution is 2.18. The fourth-order valence-electron chi connectivity index (χ4n) is 8.11. The quantitative estimate of drug-likeness (QED) is 0.0465. The summed E-state index contributed by atoms with van der Waals surface area (Å²) < 4.78 is 0. The van der Waals surface area contributed by atoms with Crippen LogP contribution in [0.1, 0.15) is 284 Å². The molecule has 0 rings (SSSR count). The maximum Gasteiger partial charge on any atom is 0.220 e. The zero-order valence-corrected chi connectivity index (χ0v) is 36.9. The van der Waals surface area contributed by atoms with Gasteiger partial charge in [0.1, 0.15) is 6.10 Å². The van der Waals surface area contributed by atoms with E-state index in [9.17, 15) is 20.1 Å². The fourth-order valence-corrected chi connectivity index (χ4v) is 8.11. The van der Waals surface area contributed by atoms with Crippen molar-refractivity contribution in [3.8, 4) is 0 Å². The van der Waals surface area contributed by atoms with Crippen LogP contribution >= 0.6 is 0 Å². The zero-order valence-electron chi connectivity index (χ0n) is 36.9. The Balaban J connectivity index is 3.54. The van der Waals surface area contributed by atoms with E-state index in [1.54, 1.807) is 0 Å². The van der Waals surface area contributed by atoms with E-state index in [-0.39, 0.29) is 12.5 Å². The maximum atomic E-state index is 12.5. The first-order valence-corrected chi connectivity index (χ1v) is 24.8. The number of hydrogen-bond donors (Lipinski definition) is 4. The summed E-state index contributed by atoms with van der Waals surface area (Å²) in [6.07, 6.45) is 52.2. The highest BCUT2D eigenvalue weighted by Gasteiger charge is 2.26. The van der Waals surface area contributed by atoms with Gasteiger partial charge in [-0.05, 0) is 12.8 Å². The highest BCUT2D eigenvalue weighted by molar-refractivity contribution is 5.76. The molecule has 54 heavy (non-hydrogen) atoms. The number of unbranched alkanes of at least 4 members (excludes halogenated alkanes) is 38. The van der Waals surface area contributed by atoms with Crippen LogP contribution in [0.25, 0.3) is 0 Å². The lowest BCUT2D eigenvalue weighted by molar-refractivity contribution is -0.124. The Kier molecular flexibility index (Phi) is 44.5. The van der Waals surface area contributed by atoms with Crippen molar-refractivity contribution in [1.82, 2.24) is 5.32 Å². The molecule has 324 valence electrons. The molecule has 0 spiro atoms. The normalized spacial score (nSPS) is 13.4. The Labute approximate surface area is 338 Å². The van der Waals surface area contributed by atoms with Crippen LogP contribution < -0.4 is 5.32 Å². The molecule has 0 heterocycles. The van der Waals surface area contributed by atoms with Gasteiger partial charge < -0.3 is 20.6 Å². The minimum Gasteiger partial charge on any atom is -0.394 e. The molecule has 3 unspecified atom stereocenters. The van der Waals surface area contributed by atoms with Gasteiger partial charge in [0.2, 0.25) is 5.91 Å². The zero-order chi connectivity index (χ0) is 39.4. The van der Waals surface area contributed by atoms with Gasteiger partial charge in [-0.15, -0.1) is 0 Å². The molecule has 0 aliphatic heterocycles. The highest BCUT2D eigenvalue weighted by atomic mass is 16.3. The molecular weight excluding hydrogens is 667 g/mol. The number of nitrogens with one attached hydrogen (secondary N) is 1. The third-order valence-electron chi connectivity index (χ3n) is 12.0. The van der Waals surface area contributed by atoms with E-state index in [2.05, 4.69) is 19.2 Å². The molecule has 1 amide bonds. The SMILES string of the molecule is CCCCCCCCCCCCCCCCCCCCCCCC(=O)NC(CO)C(O)C(O)CCCCCCCCCCCCCCCCCCCCC. The van der Waals surface area contributed by atoms with Crippen LogP contribution in [-0.2, 0) is 4.79 Å². The van der Waals surface area contributed by atoms with Crippen molar-refractivity contribution in [2.45, 2.75) is 302 Å². The monoisotopic (exact) mass is 766 g/mol. The van der Waals surface area contributed by atoms with E-state index < -0.39 is 18.2 Å². The van der Waals surface area contributed by atoms with Gasteiger partial charge >= 0.3 is 0 Å². The molecule has 0 fully saturated rings. The number of rotatable bonds is 46. The van der Waals surface area contributed by atoms with Crippen LogP contribution in [0.4, 0.5) is 0 Å². The van der Waals surface area contributed by atoms with E-state index in [0.29, 0.717) is 12.8 Å². The molecule has 0 aromatic heterocycles. The topological polar surface area (TPSA) is 89.8 Å². The molecule has 0 bridgehead atoms. The van der Waals surface area contributed by atoms with Crippen molar-refractivity contribution >= 4 is 5.91 Å². The largest absolute Gasteiger partial charge is 0.394 e. The van der Waals surface area contributed by atoms with E-state index in [0.717, 1.165) is 32.1 Å². The summed E-state index contributed by atoms with van der Waals surface area (Å²) in [5.41, 5.74) is 0. The van der Waals surface area contributed by atoms with E-state index in [4.69, 9.17) is 0 Å². The van der Waals surface area contributed by atoms with Gasteiger partial charge in [-0.3, -0.25) is 4.79 Å². The molecule has 0 saturated heterocycles. The minimum atomic E-state index is -1.13. The minimum absolute atomic E-state index is 0.137. The molecule has 0 aliphatic carbocycles. The van der Waals surface area contributed by atoms with Crippen molar-refractivity contribution < 1.29 is 20.1 Å². The van der Waals surface area contributed by atoms with Gasteiger partial charge in [0.15, 0.2) is 0 Å². The fraction of sp³-hybridized carbons (Fsp3) is 0.980. The van der Waals surface area contributed by atoms with Gasteiger partial charge in [0, 0.05) is 6.42 Å². The summed E-state index contributed by atoms with van der Waals surface area (Å²) in [6.45, 7) is 4.21. The number of carbonyl (C=O) groups excluding carboxylic acids is 1. The lowest BCUT2D eigenvalue weighted by atomic mass is 9.99.